The molecule has 0 fully saturated rings. The Labute approximate surface area is 202 Å². The molecule has 35 heavy (non-hydrogen) atoms. The largest absolute Gasteiger partial charge is 0.491 e. The average molecular weight is 472 g/mol. The van der Waals surface area contributed by atoms with Crippen LogP contribution in [0.25, 0.3) is 5.69 Å². The van der Waals surface area contributed by atoms with Crippen LogP contribution in [-0.2, 0) is 6.42 Å². The van der Waals surface area contributed by atoms with Gasteiger partial charge in [-0.1, -0.05) is 12.1 Å². The van der Waals surface area contributed by atoms with Crippen molar-refractivity contribution < 1.29 is 9.13 Å². The van der Waals surface area contributed by atoms with Gasteiger partial charge in [0.05, 0.1) is 12.3 Å². The Kier molecular flexibility index (Phi) is 5.52. The lowest BCUT2D eigenvalue weighted by Crippen LogP contribution is -2.11. The lowest BCUT2D eigenvalue weighted by Gasteiger charge is -2.16. The highest BCUT2D eigenvalue weighted by Crippen LogP contribution is 2.40. The molecule has 0 radical (unpaired) electrons. The SMILES string of the molecule is Cc1ncn(-c2ccc3cc2OCCCCNc2nc(nc4c2CCC4c2ccc(F)cc2)N3)n1. The van der Waals surface area contributed by atoms with E-state index in [9.17, 15) is 4.39 Å². The first-order valence-corrected chi connectivity index (χ1v) is 12.0. The fourth-order valence-electron chi connectivity index (χ4n) is 4.79. The number of hydrogen-bond donors (Lipinski definition) is 2. The minimum absolute atomic E-state index is 0.113. The Morgan fingerprint density at radius 1 is 1.09 bits per heavy atom. The standard InChI is InChI=1S/C26H26FN7O/c1-16-29-15-34(33-16)22-11-8-19-14-23(22)35-13-3-2-12-28-25-21-10-9-20(17-4-6-18(27)7-5-17)24(21)31-26(30-19)32-25/h4-8,11,14-15,20H,2-3,9-10,12-13H2,1H3,(H2,28,30,31,32). The molecular formula is C26H26FN7O. The van der Waals surface area contributed by atoms with Crippen molar-refractivity contribution in [3.63, 3.8) is 0 Å². The minimum Gasteiger partial charge on any atom is -0.491 e. The van der Waals surface area contributed by atoms with Gasteiger partial charge in [-0.2, -0.15) is 10.1 Å². The average Bonchev–Trinajstić information content (AvgIpc) is 3.48. The molecule has 9 heteroatoms. The molecule has 0 amide bonds. The molecule has 0 spiro atoms. The first-order valence-electron chi connectivity index (χ1n) is 12.0. The molecule has 2 aromatic heterocycles. The van der Waals surface area contributed by atoms with Gasteiger partial charge >= 0.3 is 0 Å². The van der Waals surface area contributed by atoms with Crippen molar-refractivity contribution in [2.75, 3.05) is 23.8 Å². The number of fused-ring (bicyclic) bond motifs is 6. The second kappa shape index (κ2) is 8.98. The number of rotatable bonds is 2. The van der Waals surface area contributed by atoms with E-state index in [2.05, 4.69) is 20.7 Å². The van der Waals surface area contributed by atoms with Crippen LogP contribution in [0.1, 0.15) is 47.8 Å². The van der Waals surface area contributed by atoms with E-state index >= 15 is 0 Å². The van der Waals surface area contributed by atoms with Gasteiger partial charge in [-0.25, -0.2) is 19.0 Å². The predicted octanol–water partition coefficient (Wildman–Crippen LogP) is 4.91. The van der Waals surface area contributed by atoms with E-state index in [0.29, 0.717) is 18.4 Å². The second-order valence-corrected chi connectivity index (χ2v) is 8.93. The zero-order valence-corrected chi connectivity index (χ0v) is 19.5. The maximum atomic E-state index is 13.5. The molecule has 178 valence electrons. The van der Waals surface area contributed by atoms with Crippen molar-refractivity contribution >= 4 is 17.5 Å². The maximum absolute atomic E-state index is 13.5. The van der Waals surface area contributed by atoms with E-state index in [4.69, 9.17) is 14.7 Å². The molecule has 8 nitrogen and oxygen atoms in total. The molecule has 2 aliphatic rings. The summed E-state index contributed by atoms with van der Waals surface area (Å²) in [6, 6.07) is 12.6. The van der Waals surface area contributed by atoms with Crippen LogP contribution in [0.15, 0.2) is 48.8 Å². The van der Waals surface area contributed by atoms with Gasteiger partial charge in [0.1, 0.15) is 35.2 Å². The Morgan fingerprint density at radius 3 is 2.80 bits per heavy atom. The molecule has 1 unspecified atom stereocenters. The van der Waals surface area contributed by atoms with Crippen molar-refractivity contribution in [1.29, 1.82) is 0 Å². The third kappa shape index (κ3) is 4.29. The van der Waals surface area contributed by atoms with E-state index in [1.165, 1.54) is 12.1 Å². The van der Waals surface area contributed by atoms with Crippen LogP contribution in [-0.4, -0.2) is 37.9 Å². The molecule has 4 aromatic rings. The molecule has 2 N–H and O–H groups in total. The summed E-state index contributed by atoms with van der Waals surface area (Å²) in [7, 11) is 0. The monoisotopic (exact) mass is 471 g/mol. The first-order chi connectivity index (χ1) is 17.1. The topological polar surface area (TPSA) is 89.8 Å². The van der Waals surface area contributed by atoms with Crippen LogP contribution in [0, 0.1) is 12.7 Å². The molecule has 0 saturated carbocycles. The Hall–Kier alpha value is -4.01. The van der Waals surface area contributed by atoms with Gasteiger partial charge in [0.25, 0.3) is 0 Å². The summed E-state index contributed by atoms with van der Waals surface area (Å²) in [6.07, 6.45) is 5.35. The number of aryl methyl sites for hydroxylation is 1. The number of hydrogen-bond acceptors (Lipinski definition) is 7. The zero-order valence-electron chi connectivity index (χ0n) is 19.5. The Morgan fingerprint density at radius 2 is 1.97 bits per heavy atom. The third-order valence-corrected chi connectivity index (χ3v) is 6.51. The fourth-order valence-corrected chi connectivity index (χ4v) is 4.79. The van der Waals surface area contributed by atoms with Gasteiger partial charge in [0, 0.05) is 29.8 Å². The minimum atomic E-state index is -0.229. The number of nitrogens with one attached hydrogen (secondary N) is 2. The molecule has 1 aliphatic carbocycles. The van der Waals surface area contributed by atoms with E-state index in [0.717, 1.165) is 72.0 Å². The molecule has 6 rings (SSSR count). The Bertz CT molecular complexity index is 1370. The van der Waals surface area contributed by atoms with Crippen LogP contribution in [0.3, 0.4) is 0 Å². The second-order valence-electron chi connectivity index (χ2n) is 8.93. The Balaban J connectivity index is 1.39. The molecule has 0 saturated heterocycles. The molecule has 2 aromatic carbocycles. The summed E-state index contributed by atoms with van der Waals surface area (Å²) >= 11 is 0. The molecule has 3 heterocycles. The lowest BCUT2D eigenvalue weighted by molar-refractivity contribution is 0.307. The third-order valence-electron chi connectivity index (χ3n) is 6.51. The first kappa shape index (κ1) is 21.5. The van der Waals surface area contributed by atoms with E-state index in [1.807, 2.05) is 37.3 Å². The zero-order chi connectivity index (χ0) is 23.8. The number of ether oxygens (including phenoxy) is 1. The summed E-state index contributed by atoms with van der Waals surface area (Å²) in [6.45, 7) is 3.25. The highest BCUT2D eigenvalue weighted by Gasteiger charge is 2.29. The summed E-state index contributed by atoms with van der Waals surface area (Å²) < 4.78 is 21.4. The van der Waals surface area contributed by atoms with Crippen LogP contribution in [0.2, 0.25) is 0 Å². The normalized spacial score (nSPS) is 17.1. The van der Waals surface area contributed by atoms with Crippen LogP contribution >= 0.6 is 0 Å². The number of aromatic nitrogens is 5. The summed E-state index contributed by atoms with van der Waals surface area (Å²) in [5, 5.41) is 11.3. The number of nitrogens with zero attached hydrogens (tertiary/aromatic N) is 5. The highest BCUT2D eigenvalue weighted by molar-refractivity contribution is 5.64. The molecule has 1 atom stereocenters. The smallest absolute Gasteiger partial charge is 0.229 e. The molecular weight excluding hydrogens is 445 g/mol. The highest BCUT2D eigenvalue weighted by atomic mass is 19.1. The van der Waals surface area contributed by atoms with Gasteiger partial charge < -0.3 is 15.4 Å². The van der Waals surface area contributed by atoms with Crippen LogP contribution in [0.4, 0.5) is 21.8 Å². The predicted molar refractivity (Wildman–Crippen MR) is 131 cm³/mol. The van der Waals surface area contributed by atoms with Gasteiger partial charge in [-0.15, -0.1) is 0 Å². The summed E-state index contributed by atoms with van der Waals surface area (Å²) in [4.78, 5) is 14.0. The quantitative estimate of drug-likeness (QED) is 0.429. The summed E-state index contributed by atoms with van der Waals surface area (Å²) in [5.41, 5.74) is 4.87. The van der Waals surface area contributed by atoms with Crippen molar-refractivity contribution in [3.05, 3.63) is 77.3 Å². The number of anilines is 3. The van der Waals surface area contributed by atoms with Crippen LogP contribution in [0.5, 0.6) is 5.75 Å². The van der Waals surface area contributed by atoms with Gasteiger partial charge in [0.2, 0.25) is 5.95 Å². The van der Waals surface area contributed by atoms with Crippen molar-refractivity contribution in [2.45, 2.75) is 38.5 Å². The van der Waals surface area contributed by atoms with Crippen molar-refractivity contribution in [2.24, 2.45) is 0 Å². The van der Waals surface area contributed by atoms with E-state index in [-0.39, 0.29) is 11.7 Å². The molecule has 4 bridgehead atoms. The lowest BCUT2D eigenvalue weighted by atomic mass is 9.97. The van der Waals surface area contributed by atoms with E-state index < -0.39 is 0 Å². The number of benzene rings is 2. The number of halogens is 1. The maximum Gasteiger partial charge on any atom is 0.229 e. The van der Waals surface area contributed by atoms with Crippen molar-refractivity contribution in [1.82, 2.24) is 24.7 Å². The van der Waals surface area contributed by atoms with Crippen LogP contribution < -0.4 is 15.4 Å². The fraction of sp³-hybridized carbons (Fsp3) is 0.308. The molecule has 1 aliphatic heterocycles. The van der Waals surface area contributed by atoms with Gasteiger partial charge in [-0.05, 0) is 62.4 Å². The van der Waals surface area contributed by atoms with Gasteiger partial charge in [-0.3, -0.25) is 0 Å². The van der Waals surface area contributed by atoms with Crippen molar-refractivity contribution in [3.8, 4) is 11.4 Å². The summed E-state index contributed by atoms with van der Waals surface area (Å²) in [5.74, 6) is 2.70. The van der Waals surface area contributed by atoms with E-state index in [1.54, 1.807) is 11.0 Å². The van der Waals surface area contributed by atoms with Gasteiger partial charge in [0.15, 0.2) is 0 Å².